The van der Waals surface area contributed by atoms with Crippen molar-refractivity contribution in [1.82, 2.24) is 4.90 Å². The smallest absolute Gasteiger partial charge is 0.0177 e. The number of nitrogens with zero attached hydrogens (tertiary/aromatic N) is 1. The highest BCUT2D eigenvalue weighted by molar-refractivity contribution is 4.98. The normalized spacial score (nSPS) is 19.4. The van der Waals surface area contributed by atoms with E-state index in [-0.39, 0.29) is 0 Å². The van der Waals surface area contributed by atoms with Crippen LogP contribution in [-0.4, -0.2) is 18.0 Å². The lowest BCUT2D eigenvalue weighted by Crippen LogP contribution is -2.35. The molecule has 0 aromatic rings. The van der Waals surface area contributed by atoms with Crippen molar-refractivity contribution in [1.29, 1.82) is 0 Å². The molecule has 82 valence electrons. The molecule has 1 heterocycles. The fourth-order valence-corrected chi connectivity index (χ4v) is 2.22. The fraction of sp³-hybridized carbons (Fsp3) is 0.846. The molecule has 0 N–H and O–H groups in total. The molecule has 0 bridgehead atoms. The van der Waals surface area contributed by atoms with Crippen LogP contribution >= 0.6 is 0 Å². The van der Waals surface area contributed by atoms with Crippen LogP contribution in [0.1, 0.15) is 40.5 Å². The highest BCUT2D eigenvalue weighted by atomic mass is 15.1. The predicted molar refractivity (Wildman–Crippen MR) is 63.1 cm³/mol. The zero-order valence-electron chi connectivity index (χ0n) is 10.2. The minimum atomic E-state index is 0.602. The first-order valence-electron chi connectivity index (χ1n) is 5.96. The second-order valence-electron chi connectivity index (χ2n) is 5.21. The van der Waals surface area contributed by atoms with Crippen LogP contribution < -0.4 is 0 Å². The number of hydrogen-bond acceptors (Lipinski definition) is 1. The summed E-state index contributed by atoms with van der Waals surface area (Å²) in [5.41, 5.74) is 1.33. The van der Waals surface area contributed by atoms with Crippen LogP contribution in [0.5, 0.6) is 0 Å². The Morgan fingerprint density at radius 2 is 1.64 bits per heavy atom. The van der Waals surface area contributed by atoms with Crippen LogP contribution in [0.15, 0.2) is 12.3 Å². The number of piperidine rings is 1. The van der Waals surface area contributed by atoms with Crippen molar-refractivity contribution in [2.75, 3.05) is 13.1 Å². The third kappa shape index (κ3) is 2.76. The highest BCUT2D eigenvalue weighted by Crippen LogP contribution is 2.27. The van der Waals surface area contributed by atoms with Gasteiger partial charge in [-0.25, -0.2) is 0 Å². The largest absolute Gasteiger partial charge is 0.375 e. The molecule has 0 aromatic heterocycles. The van der Waals surface area contributed by atoms with Crippen molar-refractivity contribution in [2.24, 2.45) is 17.8 Å². The van der Waals surface area contributed by atoms with Gasteiger partial charge in [-0.05, 0) is 30.6 Å². The highest BCUT2D eigenvalue weighted by Gasteiger charge is 2.22. The van der Waals surface area contributed by atoms with Gasteiger partial charge in [0.25, 0.3) is 0 Å². The third-order valence-corrected chi connectivity index (χ3v) is 3.56. The fourth-order valence-electron chi connectivity index (χ4n) is 2.22. The molecule has 1 nitrogen and oxygen atoms in total. The van der Waals surface area contributed by atoms with Gasteiger partial charge in [-0.3, -0.25) is 0 Å². The van der Waals surface area contributed by atoms with Crippen LogP contribution in [0.3, 0.4) is 0 Å². The summed E-state index contributed by atoms with van der Waals surface area (Å²) in [6, 6.07) is 0. The molecule has 1 saturated heterocycles. The lowest BCUT2D eigenvalue weighted by Gasteiger charge is -2.37. The van der Waals surface area contributed by atoms with E-state index >= 15 is 0 Å². The van der Waals surface area contributed by atoms with Crippen LogP contribution in [-0.2, 0) is 0 Å². The molecule has 1 rings (SSSR count). The molecule has 0 spiro atoms. The van der Waals surface area contributed by atoms with Gasteiger partial charge < -0.3 is 4.90 Å². The lowest BCUT2D eigenvalue weighted by molar-refractivity contribution is 0.181. The van der Waals surface area contributed by atoms with Crippen LogP contribution in [0.25, 0.3) is 0 Å². The molecule has 0 saturated carbocycles. The Kier molecular flexibility index (Phi) is 4.03. The Morgan fingerprint density at radius 3 is 2.00 bits per heavy atom. The van der Waals surface area contributed by atoms with Gasteiger partial charge in [-0.2, -0.15) is 0 Å². The SMILES string of the molecule is C=C(C(C)C)N1CCC(C(C)C)CC1. The van der Waals surface area contributed by atoms with E-state index in [9.17, 15) is 0 Å². The molecule has 1 aliphatic rings. The van der Waals surface area contributed by atoms with E-state index in [1.54, 1.807) is 0 Å². The summed E-state index contributed by atoms with van der Waals surface area (Å²) in [7, 11) is 0. The molecule has 0 aromatic carbocycles. The van der Waals surface area contributed by atoms with Gasteiger partial charge >= 0.3 is 0 Å². The van der Waals surface area contributed by atoms with Crippen LogP contribution in [0.4, 0.5) is 0 Å². The Labute approximate surface area is 89.2 Å². The summed E-state index contributed by atoms with van der Waals surface area (Å²) in [6.45, 7) is 15.8. The van der Waals surface area contributed by atoms with Gasteiger partial charge in [-0.1, -0.05) is 34.3 Å². The molecule has 1 heteroatoms. The number of hydrogen-bond donors (Lipinski definition) is 0. The second kappa shape index (κ2) is 4.86. The molecule has 0 aliphatic carbocycles. The molecular weight excluding hydrogens is 170 g/mol. The van der Waals surface area contributed by atoms with E-state index in [0.717, 1.165) is 11.8 Å². The maximum atomic E-state index is 4.17. The van der Waals surface area contributed by atoms with Crippen molar-refractivity contribution in [3.05, 3.63) is 12.3 Å². The summed E-state index contributed by atoms with van der Waals surface area (Å²) < 4.78 is 0. The monoisotopic (exact) mass is 195 g/mol. The van der Waals surface area contributed by atoms with Gasteiger partial charge in [-0.15, -0.1) is 0 Å². The van der Waals surface area contributed by atoms with Gasteiger partial charge in [0.15, 0.2) is 0 Å². The van der Waals surface area contributed by atoms with E-state index in [1.165, 1.54) is 31.6 Å². The number of likely N-dealkylation sites (tertiary alicyclic amines) is 1. The Balaban J connectivity index is 2.39. The van der Waals surface area contributed by atoms with Gasteiger partial charge in [0.05, 0.1) is 0 Å². The van der Waals surface area contributed by atoms with Crippen molar-refractivity contribution in [2.45, 2.75) is 40.5 Å². The Morgan fingerprint density at radius 1 is 1.14 bits per heavy atom. The summed E-state index contributed by atoms with van der Waals surface area (Å²) >= 11 is 0. The maximum absolute atomic E-state index is 4.17. The van der Waals surface area contributed by atoms with Crippen molar-refractivity contribution >= 4 is 0 Å². The Hall–Kier alpha value is -0.460. The molecule has 1 aliphatic heterocycles. The molecular formula is C13H25N. The van der Waals surface area contributed by atoms with E-state index < -0.39 is 0 Å². The summed E-state index contributed by atoms with van der Waals surface area (Å²) in [6.07, 6.45) is 2.70. The predicted octanol–water partition coefficient (Wildman–Crippen LogP) is 3.52. The van der Waals surface area contributed by atoms with Crippen LogP contribution in [0.2, 0.25) is 0 Å². The summed E-state index contributed by atoms with van der Waals surface area (Å²) in [5.74, 6) is 2.39. The first-order chi connectivity index (χ1) is 6.52. The van der Waals surface area contributed by atoms with E-state index in [1.807, 2.05) is 0 Å². The van der Waals surface area contributed by atoms with E-state index in [2.05, 4.69) is 39.2 Å². The minimum Gasteiger partial charge on any atom is -0.375 e. The molecule has 0 amide bonds. The van der Waals surface area contributed by atoms with Gasteiger partial charge in [0.1, 0.15) is 0 Å². The summed E-state index contributed by atoms with van der Waals surface area (Å²) in [4.78, 5) is 2.48. The van der Waals surface area contributed by atoms with Crippen molar-refractivity contribution in [3.8, 4) is 0 Å². The van der Waals surface area contributed by atoms with Crippen LogP contribution in [0, 0.1) is 17.8 Å². The first-order valence-corrected chi connectivity index (χ1v) is 5.96. The Bertz CT molecular complexity index is 185. The maximum Gasteiger partial charge on any atom is 0.0177 e. The standard InChI is InChI=1S/C13H25N/c1-10(2)12(5)14-8-6-13(7-9-14)11(3)4/h10-11,13H,5-9H2,1-4H3. The topological polar surface area (TPSA) is 3.24 Å². The quantitative estimate of drug-likeness (QED) is 0.666. The zero-order valence-corrected chi connectivity index (χ0v) is 10.2. The van der Waals surface area contributed by atoms with E-state index in [0.29, 0.717) is 5.92 Å². The molecule has 0 unspecified atom stereocenters. The lowest BCUT2D eigenvalue weighted by atomic mass is 9.86. The molecule has 0 atom stereocenters. The molecule has 0 radical (unpaired) electrons. The van der Waals surface area contributed by atoms with Crippen molar-refractivity contribution in [3.63, 3.8) is 0 Å². The average molecular weight is 195 g/mol. The van der Waals surface area contributed by atoms with Gasteiger partial charge in [0, 0.05) is 18.8 Å². The average Bonchev–Trinajstić information content (AvgIpc) is 2.16. The van der Waals surface area contributed by atoms with Crippen molar-refractivity contribution < 1.29 is 0 Å². The summed E-state index contributed by atoms with van der Waals surface area (Å²) in [5, 5.41) is 0. The first kappa shape index (κ1) is 11.6. The second-order valence-corrected chi connectivity index (χ2v) is 5.21. The van der Waals surface area contributed by atoms with E-state index in [4.69, 9.17) is 0 Å². The van der Waals surface area contributed by atoms with Gasteiger partial charge in [0.2, 0.25) is 0 Å². The minimum absolute atomic E-state index is 0.602. The number of rotatable bonds is 3. The molecule has 1 fully saturated rings. The molecule has 14 heavy (non-hydrogen) atoms. The third-order valence-electron chi connectivity index (χ3n) is 3.56. The zero-order chi connectivity index (χ0) is 10.7. The number of allylic oxidation sites excluding steroid dienone is 1.